The van der Waals surface area contributed by atoms with Gasteiger partial charge in [0.05, 0.1) is 12.9 Å². The molecule has 39 heavy (non-hydrogen) atoms. The Kier molecular flexibility index (Phi) is 6.46. The number of carbonyl (C=O) groups excluding carboxylic acids is 1. The van der Waals surface area contributed by atoms with Gasteiger partial charge >= 0.3 is 0 Å². The van der Waals surface area contributed by atoms with Crippen LogP contribution in [0.5, 0.6) is 11.5 Å². The largest absolute Gasteiger partial charge is 0.454 e. The van der Waals surface area contributed by atoms with Crippen LogP contribution in [0.4, 0.5) is 11.8 Å². The molecule has 0 radical (unpaired) electrons. The predicted molar refractivity (Wildman–Crippen MR) is 149 cm³/mol. The minimum absolute atomic E-state index is 0.0558. The van der Waals surface area contributed by atoms with Crippen molar-refractivity contribution in [1.82, 2.24) is 24.4 Å². The van der Waals surface area contributed by atoms with Gasteiger partial charge in [0.2, 0.25) is 18.6 Å². The predicted octanol–water partition coefficient (Wildman–Crippen LogP) is 3.97. The van der Waals surface area contributed by atoms with Gasteiger partial charge < -0.3 is 29.2 Å². The van der Waals surface area contributed by atoms with Crippen molar-refractivity contribution < 1.29 is 14.3 Å². The maximum absolute atomic E-state index is 12.2. The van der Waals surface area contributed by atoms with Gasteiger partial charge in [-0.1, -0.05) is 35.9 Å². The van der Waals surface area contributed by atoms with E-state index in [1.165, 1.54) is 11.1 Å². The molecular weight excluding hydrogens is 494 g/mol. The number of aryl methyl sites for hydroxylation is 1. The van der Waals surface area contributed by atoms with Crippen molar-refractivity contribution in [2.24, 2.45) is 0 Å². The number of carbonyl (C=O) groups is 1. The van der Waals surface area contributed by atoms with E-state index in [0.29, 0.717) is 37.9 Å². The highest BCUT2D eigenvalue weighted by Gasteiger charge is 2.32. The van der Waals surface area contributed by atoms with Gasteiger partial charge in [-0.3, -0.25) is 4.79 Å². The van der Waals surface area contributed by atoms with E-state index in [2.05, 4.69) is 59.8 Å². The Bertz CT molecular complexity index is 1530. The first-order chi connectivity index (χ1) is 18.9. The Balaban J connectivity index is 1.36. The van der Waals surface area contributed by atoms with Crippen molar-refractivity contribution in [1.29, 1.82) is 0 Å². The molecule has 10 heteroatoms. The normalized spacial score (nSPS) is 18.6. The van der Waals surface area contributed by atoms with E-state index >= 15 is 0 Å². The quantitative estimate of drug-likeness (QED) is 0.402. The summed E-state index contributed by atoms with van der Waals surface area (Å²) in [4.78, 5) is 31.0. The standard InChI is InChI=1S/C29H33N7O3/c1-18-6-5-7-23(10-18)15-34-16-31-26-27(30-12-22-8-9-24-25(11-22)39-17-38-24)32-29(33-28(26)34)36-14-19(2)35(21(4)37)13-20(36)3/h5-11,16,19-20H,12-15,17H2,1-4H3,(H,30,32,33). The van der Waals surface area contributed by atoms with Crippen molar-refractivity contribution in [2.75, 3.05) is 30.1 Å². The lowest BCUT2D eigenvalue weighted by atomic mass is 10.1. The zero-order valence-corrected chi connectivity index (χ0v) is 22.7. The third-order valence-corrected chi connectivity index (χ3v) is 7.43. The summed E-state index contributed by atoms with van der Waals surface area (Å²) in [6, 6.07) is 14.5. The minimum Gasteiger partial charge on any atom is -0.454 e. The van der Waals surface area contributed by atoms with Crippen LogP contribution in [0.15, 0.2) is 48.8 Å². The molecule has 2 aromatic heterocycles. The molecule has 6 rings (SSSR count). The van der Waals surface area contributed by atoms with Gasteiger partial charge in [0.15, 0.2) is 28.5 Å². The number of hydrogen-bond acceptors (Lipinski definition) is 8. The zero-order valence-electron chi connectivity index (χ0n) is 22.7. The topological polar surface area (TPSA) is 97.6 Å². The van der Waals surface area contributed by atoms with Crippen LogP contribution in [0.2, 0.25) is 0 Å². The Morgan fingerprint density at radius 3 is 2.69 bits per heavy atom. The Morgan fingerprint density at radius 1 is 1.03 bits per heavy atom. The van der Waals surface area contributed by atoms with Crippen LogP contribution in [-0.4, -0.2) is 62.3 Å². The van der Waals surface area contributed by atoms with Gasteiger partial charge in [-0.25, -0.2) is 4.98 Å². The molecule has 1 saturated heterocycles. The van der Waals surface area contributed by atoms with E-state index in [4.69, 9.17) is 24.4 Å². The number of fused-ring (bicyclic) bond motifs is 2. The lowest BCUT2D eigenvalue weighted by Gasteiger charge is -2.43. The average Bonchev–Trinajstić information content (AvgIpc) is 3.55. The number of nitrogens with one attached hydrogen (secondary N) is 1. The van der Waals surface area contributed by atoms with E-state index < -0.39 is 0 Å². The Morgan fingerprint density at radius 2 is 1.87 bits per heavy atom. The summed E-state index contributed by atoms with van der Waals surface area (Å²) in [5, 5.41) is 3.50. The van der Waals surface area contributed by atoms with Crippen LogP contribution in [0.3, 0.4) is 0 Å². The number of nitrogens with zero attached hydrogens (tertiary/aromatic N) is 6. The third-order valence-electron chi connectivity index (χ3n) is 7.43. The number of anilines is 2. The number of rotatable bonds is 6. The second-order valence-corrected chi connectivity index (χ2v) is 10.5. The fourth-order valence-corrected chi connectivity index (χ4v) is 5.39. The number of hydrogen-bond donors (Lipinski definition) is 1. The fourth-order valence-electron chi connectivity index (χ4n) is 5.39. The molecular formula is C29H33N7O3. The van der Waals surface area contributed by atoms with Gasteiger partial charge in [0.1, 0.15) is 0 Å². The summed E-state index contributed by atoms with van der Waals surface area (Å²) >= 11 is 0. The summed E-state index contributed by atoms with van der Waals surface area (Å²) in [6.45, 7) is 10.6. The maximum Gasteiger partial charge on any atom is 0.231 e. The fraction of sp³-hybridized carbons (Fsp3) is 0.379. The van der Waals surface area contributed by atoms with Gasteiger partial charge in [-0.15, -0.1) is 0 Å². The summed E-state index contributed by atoms with van der Waals surface area (Å²) in [5.74, 6) is 2.89. The lowest BCUT2D eigenvalue weighted by Crippen LogP contribution is -2.58. The molecule has 0 aliphatic carbocycles. The summed E-state index contributed by atoms with van der Waals surface area (Å²) in [6.07, 6.45) is 1.83. The van der Waals surface area contributed by atoms with Crippen LogP contribution >= 0.6 is 0 Å². The molecule has 202 valence electrons. The molecule has 2 aliphatic rings. The highest BCUT2D eigenvalue weighted by molar-refractivity contribution is 5.84. The Hall–Kier alpha value is -4.34. The van der Waals surface area contributed by atoms with Crippen molar-refractivity contribution in [3.63, 3.8) is 0 Å². The summed E-state index contributed by atoms with van der Waals surface area (Å²) < 4.78 is 13.1. The van der Waals surface area contributed by atoms with Crippen LogP contribution in [-0.2, 0) is 17.9 Å². The molecule has 1 fully saturated rings. The first-order valence-electron chi connectivity index (χ1n) is 13.3. The molecule has 2 atom stereocenters. The summed E-state index contributed by atoms with van der Waals surface area (Å²) in [5.41, 5.74) is 4.92. The number of benzene rings is 2. The van der Waals surface area contributed by atoms with Crippen molar-refractivity contribution in [3.05, 3.63) is 65.5 Å². The highest BCUT2D eigenvalue weighted by atomic mass is 16.7. The van der Waals surface area contributed by atoms with Crippen LogP contribution in [0, 0.1) is 6.92 Å². The van der Waals surface area contributed by atoms with Gasteiger partial charge in [0.25, 0.3) is 0 Å². The van der Waals surface area contributed by atoms with E-state index in [9.17, 15) is 4.79 Å². The molecule has 0 saturated carbocycles. The first kappa shape index (κ1) is 25.0. The maximum atomic E-state index is 12.2. The van der Waals surface area contributed by atoms with Gasteiger partial charge in [-0.2, -0.15) is 9.97 Å². The molecule has 0 bridgehead atoms. The van der Waals surface area contributed by atoms with E-state index in [1.807, 2.05) is 29.4 Å². The third kappa shape index (κ3) is 4.94. The molecule has 4 heterocycles. The molecule has 1 N–H and O–H groups in total. The first-order valence-corrected chi connectivity index (χ1v) is 13.3. The van der Waals surface area contributed by atoms with Crippen LogP contribution in [0.25, 0.3) is 11.2 Å². The second kappa shape index (κ2) is 10.1. The number of aromatic nitrogens is 4. The lowest BCUT2D eigenvalue weighted by molar-refractivity contribution is -0.131. The van der Waals surface area contributed by atoms with Gasteiger partial charge in [-0.05, 0) is 44.0 Å². The summed E-state index contributed by atoms with van der Waals surface area (Å²) in [7, 11) is 0. The van der Waals surface area contributed by atoms with Crippen LogP contribution in [0.1, 0.15) is 37.5 Å². The van der Waals surface area contributed by atoms with E-state index in [1.54, 1.807) is 6.92 Å². The van der Waals surface area contributed by atoms with E-state index in [0.717, 1.165) is 28.2 Å². The van der Waals surface area contributed by atoms with Crippen LogP contribution < -0.4 is 19.7 Å². The average molecular weight is 528 g/mol. The zero-order chi connectivity index (χ0) is 27.1. The Labute approximate surface area is 227 Å². The molecule has 10 nitrogen and oxygen atoms in total. The molecule has 2 aliphatic heterocycles. The van der Waals surface area contributed by atoms with Crippen molar-refractivity contribution in [3.8, 4) is 11.5 Å². The minimum atomic E-state index is 0.0558. The smallest absolute Gasteiger partial charge is 0.231 e. The number of amides is 1. The van der Waals surface area contributed by atoms with Crippen molar-refractivity contribution >= 4 is 28.8 Å². The van der Waals surface area contributed by atoms with Gasteiger partial charge in [0, 0.05) is 38.6 Å². The number of ether oxygens (including phenoxy) is 2. The highest BCUT2D eigenvalue weighted by Crippen LogP contribution is 2.33. The monoisotopic (exact) mass is 527 g/mol. The second-order valence-electron chi connectivity index (χ2n) is 10.5. The number of piperazine rings is 1. The van der Waals surface area contributed by atoms with Crippen molar-refractivity contribution in [2.45, 2.75) is 52.9 Å². The number of imidazole rings is 1. The molecule has 2 unspecified atom stereocenters. The molecule has 2 aromatic carbocycles. The van der Waals surface area contributed by atoms with E-state index in [-0.39, 0.29) is 24.8 Å². The molecule has 0 spiro atoms. The SMILES string of the molecule is CC(=O)N1CC(C)N(c2nc(NCc3ccc4c(c3)OCO4)c3ncn(Cc4cccc(C)c4)c3n2)CC1C. The molecule has 4 aromatic rings. The molecule has 1 amide bonds.